The van der Waals surface area contributed by atoms with Crippen molar-refractivity contribution in [2.75, 3.05) is 0 Å². The number of fused-ring (bicyclic) bond motifs is 2. The summed E-state index contributed by atoms with van der Waals surface area (Å²) in [5.74, 6) is 1.20. The van der Waals surface area contributed by atoms with Gasteiger partial charge in [0.05, 0.1) is 0 Å². The maximum absolute atomic E-state index is 11.6. The van der Waals surface area contributed by atoms with Crippen LogP contribution in [-0.4, -0.2) is 11.6 Å². The fourth-order valence-electron chi connectivity index (χ4n) is 3.30. The smallest absolute Gasteiger partial charge is 0.333 e. The molecule has 2 fully saturated rings. The molecule has 0 N–H and O–H groups in total. The molecule has 15 heavy (non-hydrogen) atoms. The van der Waals surface area contributed by atoms with Crippen molar-refractivity contribution in [3.8, 4) is 0 Å². The van der Waals surface area contributed by atoms with Crippen LogP contribution in [0.2, 0.25) is 0 Å². The zero-order valence-electron chi connectivity index (χ0n) is 9.71. The highest BCUT2D eigenvalue weighted by Crippen LogP contribution is 2.54. The van der Waals surface area contributed by atoms with E-state index in [9.17, 15) is 4.79 Å². The summed E-state index contributed by atoms with van der Waals surface area (Å²) >= 11 is 0. The summed E-state index contributed by atoms with van der Waals surface area (Å²) in [6.07, 6.45) is 5.86. The van der Waals surface area contributed by atoms with Crippen LogP contribution in [-0.2, 0) is 9.53 Å². The van der Waals surface area contributed by atoms with Crippen LogP contribution in [0, 0.1) is 11.8 Å². The van der Waals surface area contributed by atoms with Gasteiger partial charge in [-0.25, -0.2) is 4.79 Å². The molecular formula is C13H20O2. The molecular weight excluding hydrogens is 188 g/mol. The molecule has 0 heterocycles. The van der Waals surface area contributed by atoms with E-state index >= 15 is 0 Å². The van der Waals surface area contributed by atoms with E-state index in [0.717, 1.165) is 18.8 Å². The Morgan fingerprint density at radius 3 is 2.67 bits per heavy atom. The lowest BCUT2D eigenvalue weighted by atomic mass is 9.82. The van der Waals surface area contributed by atoms with Crippen molar-refractivity contribution in [3.63, 3.8) is 0 Å². The second-order valence-electron chi connectivity index (χ2n) is 5.17. The highest BCUT2D eigenvalue weighted by atomic mass is 16.6. The van der Waals surface area contributed by atoms with E-state index < -0.39 is 0 Å². The monoisotopic (exact) mass is 208 g/mol. The minimum absolute atomic E-state index is 0.154. The van der Waals surface area contributed by atoms with Crippen molar-refractivity contribution in [1.29, 1.82) is 0 Å². The summed E-state index contributed by atoms with van der Waals surface area (Å²) in [6.45, 7) is 7.50. The lowest BCUT2D eigenvalue weighted by molar-refractivity contribution is -0.161. The molecule has 3 unspecified atom stereocenters. The topological polar surface area (TPSA) is 26.3 Å². The van der Waals surface area contributed by atoms with Crippen molar-refractivity contribution < 1.29 is 9.53 Å². The molecule has 0 aromatic heterocycles. The Morgan fingerprint density at radius 1 is 1.53 bits per heavy atom. The molecule has 0 amide bonds. The predicted molar refractivity (Wildman–Crippen MR) is 59.4 cm³/mol. The maximum Gasteiger partial charge on any atom is 0.333 e. The number of hydrogen-bond donors (Lipinski definition) is 0. The molecule has 0 saturated heterocycles. The molecule has 2 bridgehead atoms. The Labute approximate surface area is 91.7 Å². The van der Waals surface area contributed by atoms with E-state index in [-0.39, 0.29) is 11.6 Å². The standard InChI is InChI=1S/C13H20O2/c1-4-13(15-12(14)9(2)3)8-10-5-6-11(13)7-10/h10-11H,2,4-8H2,1,3H3. The molecule has 0 spiro atoms. The van der Waals surface area contributed by atoms with Crippen LogP contribution in [0.25, 0.3) is 0 Å². The first-order chi connectivity index (χ1) is 7.07. The van der Waals surface area contributed by atoms with Gasteiger partial charge in [-0.15, -0.1) is 0 Å². The number of esters is 1. The van der Waals surface area contributed by atoms with Gasteiger partial charge in [0.25, 0.3) is 0 Å². The van der Waals surface area contributed by atoms with Crippen LogP contribution < -0.4 is 0 Å². The first-order valence-electron chi connectivity index (χ1n) is 5.96. The number of ether oxygens (including phenoxy) is 1. The Balaban J connectivity index is 2.10. The predicted octanol–water partition coefficient (Wildman–Crippen LogP) is 3.07. The maximum atomic E-state index is 11.6. The van der Waals surface area contributed by atoms with Crippen molar-refractivity contribution in [1.82, 2.24) is 0 Å². The Kier molecular flexibility index (Phi) is 2.61. The highest BCUT2D eigenvalue weighted by Gasteiger charge is 2.52. The van der Waals surface area contributed by atoms with Crippen molar-refractivity contribution >= 4 is 5.97 Å². The normalized spacial score (nSPS) is 38.0. The van der Waals surface area contributed by atoms with Gasteiger partial charge >= 0.3 is 5.97 Å². The average Bonchev–Trinajstić information content (AvgIpc) is 2.77. The molecule has 0 aliphatic heterocycles. The van der Waals surface area contributed by atoms with E-state index in [2.05, 4.69) is 13.5 Å². The molecule has 2 aliphatic rings. The van der Waals surface area contributed by atoms with Gasteiger partial charge in [0.1, 0.15) is 5.60 Å². The van der Waals surface area contributed by atoms with E-state index in [4.69, 9.17) is 4.74 Å². The van der Waals surface area contributed by atoms with Crippen LogP contribution in [0.5, 0.6) is 0 Å². The van der Waals surface area contributed by atoms with E-state index in [1.165, 1.54) is 19.3 Å². The van der Waals surface area contributed by atoms with Gasteiger partial charge in [0.2, 0.25) is 0 Å². The summed E-state index contributed by atoms with van der Waals surface area (Å²) in [6, 6.07) is 0. The fourth-order valence-corrected chi connectivity index (χ4v) is 3.30. The summed E-state index contributed by atoms with van der Waals surface area (Å²) in [4.78, 5) is 11.6. The van der Waals surface area contributed by atoms with Crippen LogP contribution in [0.1, 0.15) is 46.0 Å². The average molecular weight is 208 g/mol. The minimum atomic E-state index is -0.204. The van der Waals surface area contributed by atoms with Gasteiger partial charge in [-0.3, -0.25) is 0 Å². The van der Waals surface area contributed by atoms with Crippen LogP contribution in [0.3, 0.4) is 0 Å². The summed E-state index contributed by atoms with van der Waals surface area (Å²) in [7, 11) is 0. The second-order valence-corrected chi connectivity index (χ2v) is 5.17. The minimum Gasteiger partial charge on any atom is -0.455 e. The van der Waals surface area contributed by atoms with Crippen molar-refractivity contribution in [2.24, 2.45) is 11.8 Å². The van der Waals surface area contributed by atoms with Gasteiger partial charge in [0, 0.05) is 5.57 Å². The van der Waals surface area contributed by atoms with E-state index in [1.54, 1.807) is 6.92 Å². The van der Waals surface area contributed by atoms with Gasteiger partial charge in [-0.1, -0.05) is 13.5 Å². The third-order valence-electron chi connectivity index (χ3n) is 4.16. The summed E-state index contributed by atoms with van der Waals surface area (Å²) in [5, 5.41) is 0. The van der Waals surface area contributed by atoms with E-state index in [0.29, 0.717) is 11.5 Å². The first kappa shape index (κ1) is 10.7. The zero-order valence-corrected chi connectivity index (χ0v) is 9.71. The molecule has 84 valence electrons. The second kappa shape index (κ2) is 3.66. The lowest BCUT2D eigenvalue weighted by Gasteiger charge is -2.36. The Hall–Kier alpha value is -0.790. The molecule has 2 saturated carbocycles. The molecule has 0 aromatic carbocycles. The molecule has 0 aromatic rings. The van der Waals surface area contributed by atoms with Crippen LogP contribution >= 0.6 is 0 Å². The Morgan fingerprint density at radius 2 is 2.27 bits per heavy atom. The molecule has 2 nitrogen and oxygen atoms in total. The summed E-state index contributed by atoms with van der Waals surface area (Å²) < 4.78 is 5.70. The SMILES string of the molecule is C=C(C)C(=O)OC1(CC)CC2CCC1C2. The van der Waals surface area contributed by atoms with Crippen LogP contribution in [0.4, 0.5) is 0 Å². The molecule has 2 aliphatic carbocycles. The number of hydrogen-bond acceptors (Lipinski definition) is 2. The number of carbonyl (C=O) groups excluding carboxylic acids is 1. The zero-order chi connectivity index (χ0) is 11.1. The molecule has 2 rings (SSSR count). The number of rotatable bonds is 3. The van der Waals surface area contributed by atoms with Crippen molar-refractivity contribution in [3.05, 3.63) is 12.2 Å². The van der Waals surface area contributed by atoms with Crippen molar-refractivity contribution in [2.45, 2.75) is 51.6 Å². The van der Waals surface area contributed by atoms with Gasteiger partial charge in [-0.2, -0.15) is 0 Å². The molecule has 0 radical (unpaired) electrons. The third-order valence-corrected chi connectivity index (χ3v) is 4.16. The van der Waals surface area contributed by atoms with Crippen LogP contribution in [0.15, 0.2) is 12.2 Å². The van der Waals surface area contributed by atoms with Gasteiger partial charge < -0.3 is 4.74 Å². The van der Waals surface area contributed by atoms with Gasteiger partial charge in [-0.05, 0) is 50.9 Å². The first-order valence-corrected chi connectivity index (χ1v) is 5.96. The fraction of sp³-hybridized carbons (Fsp3) is 0.769. The molecule has 2 heteroatoms. The number of carbonyl (C=O) groups is 1. The Bertz CT molecular complexity index is 295. The largest absolute Gasteiger partial charge is 0.455 e. The van der Waals surface area contributed by atoms with Gasteiger partial charge in [0.15, 0.2) is 0 Å². The quantitative estimate of drug-likeness (QED) is 0.526. The molecule has 3 atom stereocenters. The highest BCUT2D eigenvalue weighted by molar-refractivity contribution is 5.87. The lowest BCUT2D eigenvalue weighted by Crippen LogP contribution is -2.40. The van der Waals surface area contributed by atoms with E-state index in [1.807, 2.05) is 0 Å². The third kappa shape index (κ3) is 1.70. The summed E-state index contributed by atoms with van der Waals surface area (Å²) in [5.41, 5.74) is 0.365.